The van der Waals surface area contributed by atoms with Gasteiger partial charge in [-0.3, -0.25) is 9.59 Å². The van der Waals surface area contributed by atoms with Crippen LogP contribution in [0.4, 0.5) is 0 Å². The summed E-state index contributed by atoms with van der Waals surface area (Å²) in [5.41, 5.74) is -1.19. The van der Waals surface area contributed by atoms with Gasteiger partial charge in [-0.15, -0.1) is 0 Å². The molecule has 3 N–H and O–H groups in total. The molecule has 0 spiro atoms. The van der Waals surface area contributed by atoms with Gasteiger partial charge in [0, 0.05) is 0 Å². The smallest absolute Gasteiger partial charge is 0.261 e. The third-order valence-electron chi connectivity index (χ3n) is 2.20. The summed E-state index contributed by atoms with van der Waals surface area (Å²) >= 11 is 0. The van der Waals surface area contributed by atoms with Crippen LogP contribution < -0.4 is 10.7 Å². The summed E-state index contributed by atoms with van der Waals surface area (Å²) < 4.78 is 5.08. The number of nitrogens with one attached hydrogen (secondary N) is 1. The van der Waals surface area contributed by atoms with E-state index in [0.717, 1.165) is 0 Å². The van der Waals surface area contributed by atoms with Crippen molar-refractivity contribution in [1.29, 1.82) is 0 Å². The number of carbonyl (C=O) groups excluding carboxylic acids is 1. The molecule has 0 radical (unpaired) electrons. The molecule has 2 heterocycles. The number of amides is 1. The summed E-state index contributed by atoms with van der Waals surface area (Å²) in [4.78, 5) is 22.9. The molecule has 84 valence electrons. The molecule has 0 unspecified atom stereocenters. The van der Waals surface area contributed by atoms with E-state index in [1.54, 1.807) is 13.0 Å². The second-order valence-electron chi connectivity index (χ2n) is 3.26. The lowest BCUT2D eigenvalue weighted by molar-refractivity contribution is 0.0820. The van der Waals surface area contributed by atoms with Gasteiger partial charge in [0.2, 0.25) is 11.2 Å². The van der Waals surface area contributed by atoms with Gasteiger partial charge in [0.05, 0.1) is 0 Å². The molecule has 0 aromatic carbocycles. The number of hydrogen-bond acceptors (Lipinski definition) is 5. The van der Waals surface area contributed by atoms with Crippen LogP contribution in [0.15, 0.2) is 15.3 Å². The van der Waals surface area contributed by atoms with E-state index in [4.69, 9.17) is 4.42 Å². The predicted molar refractivity (Wildman–Crippen MR) is 53.8 cm³/mol. The van der Waals surface area contributed by atoms with Gasteiger partial charge in [-0.2, -0.15) is 0 Å². The summed E-state index contributed by atoms with van der Waals surface area (Å²) in [7, 11) is 0. The lowest BCUT2D eigenvalue weighted by Crippen LogP contribution is -2.21. The van der Waals surface area contributed by atoms with Crippen LogP contribution in [-0.2, 0) is 0 Å². The maximum absolute atomic E-state index is 11.6. The molecule has 0 bridgehead atoms. The number of aliphatic hydroxyl groups excluding tert-OH is 1. The van der Waals surface area contributed by atoms with E-state index in [2.05, 4.69) is 5.32 Å². The van der Waals surface area contributed by atoms with Gasteiger partial charge in [0.15, 0.2) is 17.7 Å². The Kier molecular flexibility index (Phi) is 2.28. The number of aromatic hydroxyl groups is 1. The molecule has 1 aromatic rings. The Balaban J connectivity index is 2.76. The number of carbonyl (C=O) groups is 1. The minimum atomic E-state index is -1.35. The molecule has 0 aliphatic carbocycles. The van der Waals surface area contributed by atoms with Crippen molar-refractivity contribution in [2.75, 3.05) is 0 Å². The first kappa shape index (κ1) is 10.4. The fourth-order valence-electron chi connectivity index (χ4n) is 1.49. The van der Waals surface area contributed by atoms with E-state index in [0.29, 0.717) is 0 Å². The van der Waals surface area contributed by atoms with E-state index in [1.807, 2.05) is 0 Å². The van der Waals surface area contributed by atoms with Crippen LogP contribution in [0.25, 0.3) is 6.08 Å². The Bertz CT molecular complexity index is 543. The number of fused-ring (bicyclic) bond motifs is 1. The molecule has 1 aromatic heterocycles. The van der Waals surface area contributed by atoms with Crippen molar-refractivity contribution >= 4 is 12.0 Å². The fourth-order valence-corrected chi connectivity index (χ4v) is 1.49. The molecule has 6 heteroatoms. The van der Waals surface area contributed by atoms with E-state index >= 15 is 0 Å². The van der Waals surface area contributed by atoms with Crippen molar-refractivity contribution in [3.63, 3.8) is 0 Å². The van der Waals surface area contributed by atoms with Crippen LogP contribution in [0.3, 0.4) is 0 Å². The average Bonchev–Trinajstić information content (AvgIpc) is 2.50. The van der Waals surface area contributed by atoms with Crippen LogP contribution in [0, 0.1) is 0 Å². The fraction of sp³-hybridized carbons (Fsp3) is 0.200. The average molecular weight is 223 g/mol. The maximum atomic E-state index is 11.6. The highest BCUT2D eigenvalue weighted by Gasteiger charge is 2.34. The summed E-state index contributed by atoms with van der Waals surface area (Å²) in [5, 5.41) is 21.0. The Morgan fingerprint density at radius 3 is 2.75 bits per heavy atom. The molecule has 1 aliphatic heterocycles. The van der Waals surface area contributed by atoms with Crippen molar-refractivity contribution in [1.82, 2.24) is 5.32 Å². The van der Waals surface area contributed by atoms with Crippen LogP contribution in [0.5, 0.6) is 5.75 Å². The molecule has 6 nitrogen and oxygen atoms in total. The SMILES string of the molecule is CC=Cc1oc2c(c(=O)c1O)C(=O)N[C@@H]2O. The molecule has 1 atom stereocenters. The van der Waals surface area contributed by atoms with Crippen LogP contribution in [0.2, 0.25) is 0 Å². The van der Waals surface area contributed by atoms with Crippen LogP contribution in [-0.4, -0.2) is 16.1 Å². The number of hydrogen-bond donors (Lipinski definition) is 3. The first-order valence-electron chi connectivity index (χ1n) is 4.58. The zero-order chi connectivity index (χ0) is 11.9. The summed E-state index contributed by atoms with van der Waals surface area (Å²) in [6, 6.07) is 0. The van der Waals surface area contributed by atoms with Crippen molar-refractivity contribution in [3.05, 3.63) is 33.4 Å². The maximum Gasteiger partial charge on any atom is 0.261 e. The predicted octanol–water partition coefficient (Wildman–Crippen LogP) is 0.113. The second kappa shape index (κ2) is 3.49. The van der Waals surface area contributed by atoms with E-state index < -0.39 is 23.3 Å². The van der Waals surface area contributed by atoms with Crippen molar-refractivity contribution < 1.29 is 19.4 Å². The highest BCUT2D eigenvalue weighted by atomic mass is 16.4. The quantitative estimate of drug-likeness (QED) is 0.627. The summed E-state index contributed by atoms with van der Waals surface area (Å²) in [6.07, 6.45) is 1.58. The normalized spacial score (nSPS) is 18.9. The third-order valence-corrected chi connectivity index (χ3v) is 2.20. The lowest BCUT2D eigenvalue weighted by Gasteiger charge is -2.03. The number of rotatable bonds is 1. The standard InChI is InChI=1S/C10H9NO5/c1-2-3-4-6(12)7(13)5-8(16-4)10(15)11-9(5)14/h2-3,10,12,15H,1H3,(H,11,14)/t10-/m1/s1. The second-order valence-corrected chi connectivity index (χ2v) is 3.26. The highest BCUT2D eigenvalue weighted by molar-refractivity contribution is 5.98. The van der Waals surface area contributed by atoms with Gasteiger partial charge in [-0.05, 0) is 13.0 Å². The lowest BCUT2D eigenvalue weighted by atomic mass is 10.2. The van der Waals surface area contributed by atoms with Gasteiger partial charge in [0.25, 0.3) is 5.91 Å². The Morgan fingerprint density at radius 2 is 2.12 bits per heavy atom. The number of aliphatic hydroxyl groups is 1. The van der Waals surface area contributed by atoms with Gasteiger partial charge >= 0.3 is 0 Å². The van der Waals surface area contributed by atoms with Gasteiger partial charge < -0.3 is 19.9 Å². The molecular formula is C10H9NO5. The Labute approximate surface area is 89.8 Å². The highest BCUT2D eigenvalue weighted by Crippen LogP contribution is 2.26. The minimum Gasteiger partial charge on any atom is -0.502 e. The zero-order valence-electron chi connectivity index (χ0n) is 8.35. The molecule has 0 fully saturated rings. The molecule has 2 rings (SSSR count). The molecule has 1 amide bonds. The molecular weight excluding hydrogens is 214 g/mol. The summed E-state index contributed by atoms with van der Waals surface area (Å²) in [5.74, 6) is -1.64. The minimum absolute atomic E-state index is 0.0817. The van der Waals surface area contributed by atoms with Crippen molar-refractivity contribution in [2.45, 2.75) is 13.2 Å². The van der Waals surface area contributed by atoms with E-state index in [-0.39, 0.29) is 17.1 Å². The van der Waals surface area contributed by atoms with Gasteiger partial charge in [0.1, 0.15) is 5.56 Å². The van der Waals surface area contributed by atoms with E-state index in [1.165, 1.54) is 6.08 Å². The first-order chi connectivity index (χ1) is 7.56. The van der Waals surface area contributed by atoms with Crippen LogP contribution in [0.1, 0.15) is 35.0 Å². The van der Waals surface area contributed by atoms with E-state index in [9.17, 15) is 19.8 Å². The van der Waals surface area contributed by atoms with Gasteiger partial charge in [-0.1, -0.05) is 6.08 Å². The molecule has 16 heavy (non-hydrogen) atoms. The Morgan fingerprint density at radius 1 is 1.44 bits per heavy atom. The first-order valence-corrected chi connectivity index (χ1v) is 4.58. The van der Waals surface area contributed by atoms with Crippen molar-refractivity contribution in [2.24, 2.45) is 0 Å². The number of allylic oxidation sites excluding steroid dienone is 1. The monoisotopic (exact) mass is 223 g/mol. The zero-order valence-corrected chi connectivity index (χ0v) is 8.35. The molecule has 0 saturated carbocycles. The topological polar surface area (TPSA) is 99.8 Å². The molecule has 0 saturated heterocycles. The van der Waals surface area contributed by atoms with Crippen LogP contribution >= 0.6 is 0 Å². The molecule has 1 aliphatic rings. The largest absolute Gasteiger partial charge is 0.502 e. The Hall–Kier alpha value is -2.08. The summed E-state index contributed by atoms with van der Waals surface area (Å²) in [6.45, 7) is 1.67. The van der Waals surface area contributed by atoms with Crippen molar-refractivity contribution in [3.8, 4) is 5.75 Å². The van der Waals surface area contributed by atoms with Gasteiger partial charge in [-0.25, -0.2) is 0 Å². The third kappa shape index (κ3) is 1.31.